The molecule has 0 aliphatic heterocycles. The highest BCUT2D eigenvalue weighted by Crippen LogP contribution is 2.40. The summed E-state index contributed by atoms with van der Waals surface area (Å²) in [4.78, 5) is 14.6. The molecular weight excluding hydrogens is 238 g/mol. The predicted molar refractivity (Wildman–Crippen MR) is 74.2 cm³/mol. The third kappa shape index (κ3) is 1.99. The Morgan fingerprint density at radius 1 is 1.32 bits per heavy atom. The number of Topliss-reactive ketones (excluding diaryl/α,β-unsaturated/α-hetero) is 1. The normalized spacial score (nSPS) is 21.4. The summed E-state index contributed by atoms with van der Waals surface area (Å²) in [6.45, 7) is 0. The lowest BCUT2D eigenvalue weighted by molar-refractivity contribution is 0.102. The van der Waals surface area contributed by atoms with E-state index in [1.54, 1.807) is 0 Å². The fourth-order valence-electron chi connectivity index (χ4n) is 3.13. The molecule has 1 aromatic rings. The Labute approximate surface area is 114 Å². The number of ketones is 1. The molecule has 2 aliphatic carbocycles. The van der Waals surface area contributed by atoms with Crippen molar-refractivity contribution >= 4 is 5.78 Å². The van der Waals surface area contributed by atoms with E-state index in [9.17, 15) is 4.79 Å². The molecule has 4 nitrogen and oxygen atoms in total. The zero-order chi connectivity index (χ0) is 13.6. The van der Waals surface area contributed by atoms with Gasteiger partial charge in [-0.05, 0) is 25.7 Å². The lowest BCUT2D eigenvalue weighted by Gasteiger charge is -2.27. The molecule has 0 saturated heterocycles. The number of fused-ring (bicyclic) bond motifs is 1. The van der Waals surface area contributed by atoms with E-state index in [2.05, 4.69) is 5.10 Å². The van der Waals surface area contributed by atoms with Gasteiger partial charge in [-0.1, -0.05) is 6.42 Å². The van der Waals surface area contributed by atoms with Gasteiger partial charge >= 0.3 is 0 Å². The van der Waals surface area contributed by atoms with E-state index in [-0.39, 0.29) is 5.78 Å². The first kappa shape index (κ1) is 12.5. The average molecular weight is 259 g/mol. The van der Waals surface area contributed by atoms with Gasteiger partial charge in [0.05, 0.1) is 17.0 Å². The Balaban J connectivity index is 2.04. The second kappa shape index (κ2) is 4.51. The molecule has 1 heterocycles. The molecule has 3 rings (SSSR count). The van der Waals surface area contributed by atoms with Gasteiger partial charge in [-0.2, -0.15) is 5.10 Å². The summed E-state index contributed by atoms with van der Waals surface area (Å²) in [5.41, 5.74) is 4.01. The number of aromatic nitrogens is 2. The zero-order valence-corrected chi connectivity index (χ0v) is 11.9. The number of allylic oxidation sites excluding steroid dienone is 1. The third-order valence-electron chi connectivity index (χ3n) is 4.22. The Kier molecular flexibility index (Phi) is 2.96. The van der Waals surface area contributed by atoms with Crippen LogP contribution in [0.4, 0.5) is 0 Å². The van der Waals surface area contributed by atoms with Gasteiger partial charge in [-0.3, -0.25) is 9.48 Å². The molecule has 0 spiro atoms. The van der Waals surface area contributed by atoms with Gasteiger partial charge in [0, 0.05) is 38.8 Å². The van der Waals surface area contributed by atoms with Crippen LogP contribution in [0.5, 0.6) is 0 Å². The molecule has 19 heavy (non-hydrogen) atoms. The van der Waals surface area contributed by atoms with Crippen molar-refractivity contribution in [1.82, 2.24) is 14.7 Å². The SMILES string of the molecule is CN(C)C=C1CCc2nn(C)c(C3CCC3)c2C1=O. The fraction of sp³-hybridized carbons (Fsp3) is 0.600. The number of hydrogen-bond donors (Lipinski definition) is 0. The summed E-state index contributed by atoms with van der Waals surface area (Å²) < 4.78 is 1.95. The molecule has 0 aromatic carbocycles. The molecular formula is C15H21N3O. The van der Waals surface area contributed by atoms with E-state index < -0.39 is 0 Å². The van der Waals surface area contributed by atoms with E-state index >= 15 is 0 Å². The molecule has 0 N–H and O–H groups in total. The fourth-order valence-corrected chi connectivity index (χ4v) is 3.13. The van der Waals surface area contributed by atoms with Crippen LogP contribution in [0.15, 0.2) is 11.8 Å². The topological polar surface area (TPSA) is 38.1 Å². The zero-order valence-electron chi connectivity index (χ0n) is 11.9. The maximum atomic E-state index is 12.7. The average Bonchev–Trinajstić information content (AvgIpc) is 2.58. The molecule has 0 atom stereocenters. The van der Waals surface area contributed by atoms with Gasteiger partial charge in [0.2, 0.25) is 0 Å². The monoisotopic (exact) mass is 259 g/mol. The first-order chi connectivity index (χ1) is 9.08. The van der Waals surface area contributed by atoms with Gasteiger partial charge in [-0.25, -0.2) is 0 Å². The van der Waals surface area contributed by atoms with Crippen LogP contribution in [0.1, 0.15) is 53.3 Å². The van der Waals surface area contributed by atoms with Crippen LogP contribution in [0, 0.1) is 0 Å². The van der Waals surface area contributed by atoms with Crippen molar-refractivity contribution in [1.29, 1.82) is 0 Å². The standard InChI is InChI=1S/C15H21N3O/c1-17(2)9-11-7-8-12-13(15(11)19)14(18(3)16-12)10-5-4-6-10/h9-10H,4-8H2,1-3H3. The quantitative estimate of drug-likeness (QED) is 0.765. The molecule has 0 unspecified atom stereocenters. The third-order valence-corrected chi connectivity index (χ3v) is 4.22. The molecule has 1 fully saturated rings. The highest BCUT2D eigenvalue weighted by Gasteiger charge is 2.34. The Morgan fingerprint density at radius 2 is 2.05 bits per heavy atom. The van der Waals surface area contributed by atoms with Crippen molar-refractivity contribution in [3.05, 3.63) is 28.7 Å². The highest BCUT2D eigenvalue weighted by molar-refractivity contribution is 6.11. The van der Waals surface area contributed by atoms with Crippen LogP contribution in [0.3, 0.4) is 0 Å². The van der Waals surface area contributed by atoms with Gasteiger partial charge in [0.1, 0.15) is 0 Å². The second-order valence-electron chi connectivity index (χ2n) is 5.91. The van der Waals surface area contributed by atoms with E-state index in [1.807, 2.05) is 36.9 Å². The van der Waals surface area contributed by atoms with Gasteiger partial charge in [-0.15, -0.1) is 0 Å². The minimum Gasteiger partial charge on any atom is -0.383 e. The largest absolute Gasteiger partial charge is 0.383 e. The molecule has 2 aliphatic rings. The molecule has 102 valence electrons. The van der Waals surface area contributed by atoms with Gasteiger partial charge in [0.25, 0.3) is 0 Å². The van der Waals surface area contributed by atoms with Crippen LogP contribution >= 0.6 is 0 Å². The van der Waals surface area contributed by atoms with Crippen molar-refractivity contribution in [2.75, 3.05) is 14.1 Å². The number of carbonyl (C=O) groups is 1. The van der Waals surface area contributed by atoms with Crippen molar-refractivity contribution in [2.45, 2.75) is 38.0 Å². The van der Waals surface area contributed by atoms with Gasteiger partial charge < -0.3 is 4.90 Å². The molecule has 1 saturated carbocycles. The second-order valence-corrected chi connectivity index (χ2v) is 5.91. The van der Waals surface area contributed by atoms with Crippen molar-refractivity contribution < 1.29 is 4.79 Å². The van der Waals surface area contributed by atoms with Crippen molar-refractivity contribution in [3.8, 4) is 0 Å². The number of rotatable bonds is 2. The lowest BCUT2D eigenvalue weighted by Crippen LogP contribution is -2.20. The first-order valence-electron chi connectivity index (χ1n) is 7.05. The lowest BCUT2D eigenvalue weighted by atomic mass is 9.78. The summed E-state index contributed by atoms with van der Waals surface area (Å²) >= 11 is 0. The summed E-state index contributed by atoms with van der Waals surface area (Å²) in [6.07, 6.45) is 7.34. The van der Waals surface area contributed by atoms with Crippen LogP contribution in [0.2, 0.25) is 0 Å². The maximum Gasteiger partial charge on any atom is 0.194 e. The maximum absolute atomic E-state index is 12.7. The number of nitrogens with zero attached hydrogens (tertiary/aromatic N) is 3. The van der Waals surface area contributed by atoms with E-state index in [1.165, 1.54) is 25.0 Å². The van der Waals surface area contributed by atoms with Crippen molar-refractivity contribution in [3.63, 3.8) is 0 Å². The number of carbonyl (C=O) groups excluding carboxylic acids is 1. The number of aryl methyl sites for hydroxylation is 2. The Morgan fingerprint density at radius 3 is 2.63 bits per heavy atom. The minimum atomic E-state index is 0.199. The van der Waals surface area contributed by atoms with Crippen LogP contribution in [0.25, 0.3) is 0 Å². The molecule has 0 bridgehead atoms. The van der Waals surface area contributed by atoms with E-state index in [4.69, 9.17) is 0 Å². The highest BCUT2D eigenvalue weighted by atomic mass is 16.1. The molecule has 4 heteroatoms. The number of hydrogen-bond acceptors (Lipinski definition) is 3. The molecule has 1 aromatic heterocycles. The summed E-state index contributed by atoms with van der Waals surface area (Å²) in [6, 6.07) is 0. The molecule has 0 amide bonds. The molecule has 0 radical (unpaired) electrons. The Hall–Kier alpha value is -1.58. The predicted octanol–water partition coefficient (Wildman–Crippen LogP) is 2.26. The van der Waals surface area contributed by atoms with Crippen molar-refractivity contribution in [2.24, 2.45) is 7.05 Å². The van der Waals surface area contributed by atoms with Crippen LogP contribution in [-0.4, -0.2) is 34.6 Å². The van der Waals surface area contributed by atoms with E-state index in [0.29, 0.717) is 5.92 Å². The van der Waals surface area contributed by atoms with Crippen LogP contribution in [-0.2, 0) is 13.5 Å². The van der Waals surface area contributed by atoms with Gasteiger partial charge in [0.15, 0.2) is 5.78 Å². The summed E-state index contributed by atoms with van der Waals surface area (Å²) in [5, 5.41) is 4.57. The van der Waals surface area contributed by atoms with Crippen LogP contribution < -0.4 is 0 Å². The Bertz CT molecular complexity index is 550. The minimum absolute atomic E-state index is 0.199. The summed E-state index contributed by atoms with van der Waals surface area (Å²) in [7, 11) is 5.91. The summed E-state index contributed by atoms with van der Waals surface area (Å²) in [5.74, 6) is 0.744. The van der Waals surface area contributed by atoms with E-state index in [0.717, 1.165) is 29.7 Å². The smallest absolute Gasteiger partial charge is 0.194 e. The first-order valence-corrected chi connectivity index (χ1v) is 7.05.